The highest BCUT2D eigenvalue weighted by atomic mass is 14.9. The van der Waals surface area contributed by atoms with Gasteiger partial charge in [-0.15, -0.1) is 0 Å². The fourth-order valence-electron chi connectivity index (χ4n) is 2.02. The molecule has 1 aliphatic heterocycles. The lowest BCUT2D eigenvalue weighted by atomic mass is 9.78. The molecule has 1 heterocycles. The van der Waals surface area contributed by atoms with Crippen LogP contribution in [-0.2, 0) is 5.41 Å². The number of hydrogen-bond donors (Lipinski definition) is 1. The molecule has 2 rings (SSSR count). The zero-order chi connectivity index (χ0) is 9.47. The molecule has 0 atom stereocenters. The van der Waals surface area contributed by atoms with Crippen molar-refractivity contribution in [2.24, 2.45) is 0 Å². The van der Waals surface area contributed by atoms with E-state index < -0.39 is 0 Å². The molecule has 1 nitrogen and oxygen atoms in total. The molecule has 1 N–H and O–H groups in total. The molecule has 0 saturated heterocycles. The van der Waals surface area contributed by atoms with Gasteiger partial charge in [0.15, 0.2) is 0 Å². The predicted molar refractivity (Wildman–Crippen MR) is 57.3 cm³/mol. The summed E-state index contributed by atoms with van der Waals surface area (Å²) in [6.07, 6.45) is 1.23. The highest BCUT2D eigenvalue weighted by molar-refractivity contribution is 5.57. The number of hydrogen-bond acceptors (Lipinski definition) is 1. The third-order valence-corrected chi connectivity index (χ3v) is 2.97. The van der Waals surface area contributed by atoms with E-state index >= 15 is 0 Å². The van der Waals surface area contributed by atoms with Crippen LogP contribution in [0, 0.1) is 6.92 Å². The van der Waals surface area contributed by atoms with Gasteiger partial charge in [0.2, 0.25) is 0 Å². The van der Waals surface area contributed by atoms with Crippen LogP contribution in [0.15, 0.2) is 18.2 Å². The minimum Gasteiger partial charge on any atom is -0.385 e. The summed E-state index contributed by atoms with van der Waals surface area (Å²) in [5.41, 5.74) is 4.49. The number of nitrogens with one attached hydrogen (secondary N) is 1. The van der Waals surface area contributed by atoms with Crippen LogP contribution < -0.4 is 5.32 Å². The standard InChI is InChI=1S/C12H17N/c1-9-4-5-11-10(8-9)12(2,3)6-7-13-11/h4-5,8,13H,6-7H2,1-3H3. The third-order valence-electron chi connectivity index (χ3n) is 2.97. The molecule has 0 aliphatic carbocycles. The summed E-state index contributed by atoms with van der Waals surface area (Å²) in [5.74, 6) is 0. The first-order valence-electron chi connectivity index (χ1n) is 4.95. The minimum absolute atomic E-state index is 0.340. The van der Waals surface area contributed by atoms with E-state index in [4.69, 9.17) is 0 Å². The maximum absolute atomic E-state index is 3.45. The van der Waals surface area contributed by atoms with E-state index in [-0.39, 0.29) is 0 Å². The second-order valence-electron chi connectivity index (χ2n) is 4.61. The molecule has 1 aromatic carbocycles. The molecule has 1 aliphatic rings. The third kappa shape index (κ3) is 1.43. The molecule has 1 heteroatoms. The van der Waals surface area contributed by atoms with Gasteiger partial charge >= 0.3 is 0 Å². The van der Waals surface area contributed by atoms with Crippen LogP contribution in [0.2, 0.25) is 0 Å². The maximum atomic E-state index is 3.45. The molecule has 1 aromatic rings. The van der Waals surface area contributed by atoms with Gasteiger partial charge in [-0.25, -0.2) is 0 Å². The van der Waals surface area contributed by atoms with Crippen LogP contribution in [0.25, 0.3) is 0 Å². The van der Waals surface area contributed by atoms with E-state index in [9.17, 15) is 0 Å². The largest absolute Gasteiger partial charge is 0.385 e. The van der Waals surface area contributed by atoms with Gasteiger partial charge in [0.1, 0.15) is 0 Å². The van der Waals surface area contributed by atoms with Crippen molar-refractivity contribution in [2.45, 2.75) is 32.6 Å². The molecule has 0 saturated carbocycles. The summed E-state index contributed by atoms with van der Waals surface area (Å²) in [7, 11) is 0. The minimum atomic E-state index is 0.340. The predicted octanol–water partition coefficient (Wildman–Crippen LogP) is 3.09. The van der Waals surface area contributed by atoms with Crippen molar-refractivity contribution in [3.05, 3.63) is 29.3 Å². The number of anilines is 1. The molecule has 0 aromatic heterocycles. The van der Waals surface area contributed by atoms with Crippen LogP contribution in [0.4, 0.5) is 5.69 Å². The average molecular weight is 175 g/mol. The van der Waals surface area contributed by atoms with Crippen LogP contribution in [0.3, 0.4) is 0 Å². The molecule has 13 heavy (non-hydrogen) atoms. The van der Waals surface area contributed by atoms with Crippen molar-refractivity contribution in [3.63, 3.8) is 0 Å². The Balaban J connectivity index is 2.55. The molecule has 70 valence electrons. The average Bonchev–Trinajstić information content (AvgIpc) is 2.06. The summed E-state index contributed by atoms with van der Waals surface area (Å²) >= 11 is 0. The van der Waals surface area contributed by atoms with Gasteiger partial charge in [0.25, 0.3) is 0 Å². The Kier molecular flexibility index (Phi) is 1.83. The zero-order valence-electron chi connectivity index (χ0n) is 8.65. The fraction of sp³-hybridized carbons (Fsp3) is 0.500. The zero-order valence-corrected chi connectivity index (χ0v) is 8.65. The van der Waals surface area contributed by atoms with Crippen molar-refractivity contribution in [2.75, 3.05) is 11.9 Å². The lowest BCUT2D eigenvalue weighted by molar-refractivity contribution is 0.481. The molecule has 0 radical (unpaired) electrons. The number of aryl methyl sites for hydroxylation is 1. The lowest BCUT2D eigenvalue weighted by Gasteiger charge is -2.33. The Morgan fingerprint density at radius 2 is 2.08 bits per heavy atom. The van der Waals surface area contributed by atoms with Crippen LogP contribution in [0.1, 0.15) is 31.4 Å². The number of benzene rings is 1. The summed E-state index contributed by atoms with van der Waals surface area (Å²) in [5, 5.41) is 3.45. The second-order valence-corrected chi connectivity index (χ2v) is 4.61. The first-order valence-corrected chi connectivity index (χ1v) is 4.95. The number of rotatable bonds is 0. The number of fused-ring (bicyclic) bond motifs is 1. The monoisotopic (exact) mass is 175 g/mol. The molecule has 0 bridgehead atoms. The Bertz CT molecular complexity index is 326. The van der Waals surface area contributed by atoms with Crippen molar-refractivity contribution in [3.8, 4) is 0 Å². The van der Waals surface area contributed by atoms with E-state index in [2.05, 4.69) is 44.3 Å². The van der Waals surface area contributed by atoms with Gasteiger partial charge in [-0.05, 0) is 30.4 Å². The molecule has 0 unspecified atom stereocenters. The van der Waals surface area contributed by atoms with Gasteiger partial charge < -0.3 is 5.32 Å². The molecular weight excluding hydrogens is 158 g/mol. The smallest absolute Gasteiger partial charge is 0.0378 e. The Hall–Kier alpha value is -0.980. The Morgan fingerprint density at radius 1 is 1.31 bits per heavy atom. The van der Waals surface area contributed by atoms with E-state index in [1.165, 1.54) is 23.2 Å². The SMILES string of the molecule is Cc1ccc2c(c1)C(C)(C)CCN2. The molecule has 0 spiro atoms. The Morgan fingerprint density at radius 3 is 2.85 bits per heavy atom. The topological polar surface area (TPSA) is 12.0 Å². The highest BCUT2D eigenvalue weighted by Crippen LogP contribution is 2.36. The van der Waals surface area contributed by atoms with Gasteiger partial charge in [0.05, 0.1) is 0 Å². The molecule has 0 amide bonds. The van der Waals surface area contributed by atoms with Crippen LogP contribution >= 0.6 is 0 Å². The maximum Gasteiger partial charge on any atom is 0.0378 e. The Labute approximate surface area is 80.2 Å². The fourth-order valence-corrected chi connectivity index (χ4v) is 2.02. The lowest BCUT2D eigenvalue weighted by Crippen LogP contribution is -2.28. The summed E-state index contributed by atoms with van der Waals surface area (Å²) in [6.45, 7) is 7.91. The van der Waals surface area contributed by atoms with E-state index in [1.807, 2.05) is 0 Å². The van der Waals surface area contributed by atoms with Crippen molar-refractivity contribution >= 4 is 5.69 Å². The first-order chi connectivity index (χ1) is 6.09. The van der Waals surface area contributed by atoms with Crippen molar-refractivity contribution in [1.82, 2.24) is 0 Å². The molecular formula is C12H17N. The van der Waals surface area contributed by atoms with Gasteiger partial charge in [-0.3, -0.25) is 0 Å². The summed E-state index contributed by atoms with van der Waals surface area (Å²) in [4.78, 5) is 0. The van der Waals surface area contributed by atoms with Crippen molar-refractivity contribution in [1.29, 1.82) is 0 Å². The van der Waals surface area contributed by atoms with Gasteiger partial charge in [-0.1, -0.05) is 31.5 Å². The van der Waals surface area contributed by atoms with E-state index in [0.29, 0.717) is 5.41 Å². The summed E-state index contributed by atoms with van der Waals surface area (Å²) < 4.78 is 0. The van der Waals surface area contributed by atoms with E-state index in [0.717, 1.165) is 6.54 Å². The molecule has 0 fully saturated rings. The van der Waals surface area contributed by atoms with Crippen LogP contribution in [-0.4, -0.2) is 6.54 Å². The van der Waals surface area contributed by atoms with Crippen molar-refractivity contribution < 1.29 is 0 Å². The quantitative estimate of drug-likeness (QED) is 0.639. The van der Waals surface area contributed by atoms with E-state index in [1.54, 1.807) is 0 Å². The van der Waals surface area contributed by atoms with Crippen LogP contribution in [0.5, 0.6) is 0 Å². The highest BCUT2D eigenvalue weighted by Gasteiger charge is 2.26. The normalized spacial score (nSPS) is 19.0. The summed E-state index contributed by atoms with van der Waals surface area (Å²) in [6, 6.07) is 6.68. The first kappa shape index (κ1) is 8.61. The van der Waals surface area contributed by atoms with Gasteiger partial charge in [0, 0.05) is 12.2 Å². The van der Waals surface area contributed by atoms with Gasteiger partial charge in [-0.2, -0.15) is 0 Å². The second kappa shape index (κ2) is 2.76.